The molecule has 0 amide bonds. The molecule has 0 radical (unpaired) electrons. The van der Waals surface area contributed by atoms with Gasteiger partial charge in [0, 0.05) is 12.8 Å². The van der Waals surface area contributed by atoms with Crippen LogP contribution in [0.3, 0.4) is 0 Å². The lowest BCUT2D eigenvalue weighted by molar-refractivity contribution is -0.137. The lowest BCUT2D eigenvalue weighted by Gasteiger charge is -1.92. The van der Waals surface area contributed by atoms with E-state index < -0.39 is 12.6 Å². The van der Waals surface area contributed by atoms with Crippen LogP contribution in [0, 0.1) is 0 Å². The highest BCUT2D eigenvalue weighted by atomic mass is 16.4. The van der Waals surface area contributed by atoms with Crippen molar-refractivity contribution in [2.24, 2.45) is 0 Å². The molecule has 0 fully saturated rings. The molecular weight excluding hydrogens is 136 g/mol. The number of aliphatic carboxylic acids is 1. The van der Waals surface area contributed by atoms with Crippen molar-refractivity contribution in [3.05, 3.63) is 0 Å². The van der Waals surface area contributed by atoms with Crippen LogP contribution in [0.1, 0.15) is 19.3 Å². The van der Waals surface area contributed by atoms with E-state index in [2.05, 4.69) is 0 Å². The minimum Gasteiger partial charge on any atom is -0.481 e. The van der Waals surface area contributed by atoms with Crippen molar-refractivity contribution in [3.63, 3.8) is 0 Å². The number of Topliss-reactive ketones (excluding diaryl/α,β-unsaturated/α-hetero) is 1. The molecule has 0 aliphatic heterocycles. The zero-order valence-corrected chi connectivity index (χ0v) is 5.54. The van der Waals surface area contributed by atoms with E-state index in [4.69, 9.17) is 10.2 Å². The average Bonchev–Trinajstić information content (AvgIpc) is 1.87. The Morgan fingerprint density at radius 1 is 1.20 bits per heavy atom. The highest BCUT2D eigenvalue weighted by Gasteiger charge is 2.01. The third-order valence-electron chi connectivity index (χ3n) is 1.02. The third-order valence-corrected chi connectivity index (χ3v) is 1.02. The van der Waals surface area contributed by atoms with Crippen molar-refractivity contribution in [2.45, 2.75) is 19.3 Å². The molecule has 10 heavy (non-hydrogen) atoms. The maximum atomic E-state index is 10.4. The number of carboxylic acid groups (broad SMARTS) is 1. The second-order valence-corrected chi connectivity index (χ2v) is 1.94. The Bertz CT molecular complexity index is 130. The molecule has 0 unspecified atom stereocenters. The van der Waals surface area contributed by atoms with Crippen molar-refractivity contribution in [1.29, 1.82) is 0 Å². The molecular formula is C6H10O4. The summed E-state index contributed by atoms with van der Waals surface area (Å²) in [6, 6.07) is 0. The van der Waals surface area contributed by atoms with Gasteiger partial charge in [-0.1, -0.05) is 0 Å². The molecule has 0 aromatic heterocycles. The Hall–Kier alpha value is -0.900. The number of ketones is 1. The van der Waals surface area contributed by atoms with Gasteiger partial charge in [0.2, 0.25) is 0 Å². The SMILES string of the molecule is O=C(O)CCCC(=O)CO. The van der Waals surface area contributed by atoms with E-state index in [0.29, 0.717) is 6.42 Å². The highest BCUT2D eigenvalue weighted by molar-refractivity contribution is 5.79. The summed E-state index contributed by atoms with van der Waals surface area (Å²) in [5.74, 6) is -1.22. The Kier molecular flexibility index (Phi) is 4.49. The molecule has 4 nitrogen and oxygen atoms in total. The van der Waals surface area contributed by atoms with E-state index in [1.807, 2.05) is 0 Å². The quantitative estimate of drug-likeness (QED) is 0.563. The van der Waals surface area contributed by atoms with Crippen molar-refractivity contribution in [1.82, 2.24) is 0 Å². The van der Waals surface area contributed by atoms with Crippen molar-refractivity contribution < 1.29 is 19.8 Å². The van der Waals surface area contributed by atoms with Gasteiger partial charge in [-0.15, -0.1) is 0 Å². The number of carbonyl (C=O) groups is 2. The first-order chi connectivity index (χ1) is 4.66. The molecule has 0 spiro atoms. The van der Waals surface area contributed by atoms with Crippen molar-refractivity contribution >= 4 is 11.8 Å². The van der Waals surface area contributed by atoms with Crippen molar-refractivity contribution in [2.75, 3.05) is 6.61 Å². The van der Waals surface area contributed by atoms with Gasteiger partial charge in [0.25, 0.3) is 0 Å². The first kappa shape index (κ1) is 9.10. The van der Waals surface area contributed by atoms with Crippen LogP contribution >= 0.6 is 0 Å². The maximum absolute atomic E-state index is 10.4. The smallest absolute Gasteiger partial charge is 0.303 e. The van der Waals surface area contributed by atoms with Gasteiger partial charge >= 0.3 is 5.97 Å². The molecule has 0 aromatic rings. The maximum Gasteiger partial charge on any atom is 0.303 e. The fourth-order valence-electron chi connectivity index (χ4n) is 0.516. The van der Waals surface area contributed by atoms with Crippen LogP contribution in [0.5, 0.6) is 0 Å². The first-order valence-electron chi connectivity index (χ1n) is 3.01. The predicted molar refractivity (Wildman–Crippen MR) is 33.6 cm³/mol. The van der Waals surface area contributed by atoms with Crippen LogP contribution in [-0.4, -0.2) is 28.6 Å². The normalized spacial score (nSPS) is 9.30. The molecule has 0 aliphatic rings. The van der Waals surface area contributed by atoms with Crippen LogP contribution in [0.15, 0.2) is 0 Å². The zero-order chi connectivity index (χ0) is 7.98. The minimum atomic E-state index is -0.911. The number of aliphatic hydroxyl groups is 1. The molecule has 4 heteroatoms. The van der Waals surface area contributed by atoms with E-state index in [9.17, 15) is 9.59 Å². The fourth-order valence-corrected chi connectivity index (χ4v) is 0.516. The number of carbonyl (C=O) groups excluding carboxylic acids is 1. The highest BCUT2D eigenvalue weighted by Crippen LogP contribution is 1.95. The van der Waals surface area contributed by atoms with Gasteiger partial charge in [0.15, 0.2) is 5.78 Å². The van der Waals surface area contributed by atoms with Crippen LogP contribution < -0.4 is 0 Å². The molecule has 2 N–H and O–H groups in total. The first-order valence-corrected chi connectivity index (χ1v) is 3.01. The van der Waals surface area contributed by atoms with Crippen LogP contribution in [0.2, 0.25) is 0 Å². The number of rotatable bonds is 5. The number of hydrogen-bond donors (Lipinski definition) is 2. The number of hydrogen-bond acceptors (Lipinski definition) is 3. The standard InChI is InChI=1S/C6H10O4/c7-4-5(8)2-1-3-6(9)10/h7H,1-4H2,(H,9,10). The summed E-state index contributed by atoms with van der Waals surface area (Å²) < 4.78 is 0. The van der Waals surface area contributed by atoms with Gasteiger partial charge in [-0.2, -0.15) is 0 Å². The Morgan fingerprint density at radius 3 is 2.20 bits per heavy atom. The molecule has 0 bridgehead atoms. The van der Waals surface area contributed by atoms with E-state index >= 15 is 0 Å². The molecule has 0 atom stereocenters. The second kappa shape index (κ2) is 4.93. The van der Waals surface area contributed by atoms with Crippen LogP contribution in [0.4, 0.5) is 0 Å². The van der Waals surface area contributed by atoms with Gasteiger partial charge in [-0.3, -0.25) is 9.59 Å². The second-order valence-electron chi connectivity index (χ2n) is 1.94. The van der Waals surface area contributed by atoms with E-state index in [-0.39, 0.29) is 18.6 Å². The molecule has 0 saturated carbocycles. The fraction of sp³-hybridized carbons (Fsp3) is 0.667. The van der Waals surface area contributed by atoms with Gasteiger partial charge < -0.3 is 10.2 Å². The summed E-state index contributed by atoms with van der Waals surface area (Å²) in [4.78, 5) is 20.2. The summed E-state index contributed by atoms with van der Waals surface area (Å²) >= 11 is 0. The predicted octanol–water partition coefficient (Wildman–Crippen LogP) is -0.197. The molecule has 0 heterocycles. The largest absolute Gasteiger partial charge is 0.481 e. The third kappa shape index (κ3) is 5.24. The number of aliphatic hydroxyl groups excluding tert-OH is 1. The summed E-state index contributed by atoms with van der Waals surface area (Å²) in [7, 11) is 0. The molecule has 0 aliphatic carbocycles. The summed E-state index contributed by atoms with van der Waals surface area (Å²) in [5, 5.41) is 16.3. The summed E-state index contributed by atoms with van der Waals surface area (Å²) in [6.07, 6.45) is 0.462. The average molecular weight is 146 g/mol. The van der Waals surface area contributed by atoms with Crippen LogP contribution in [0.25, 0.3) is 0 Å². The summed E-state index contributed by atoms with van der Waals surface area (Å²) in [5.41, 5.74) is 0. The van der Waals surface area contributed by atoms with E-state index in [0.717, 1.165) is 0 Å². The number of carboxylic acids is 1. The molecule has 58 valence electrons. The van der Waals surface area contributed by atoms with Gasteiger partial charge in [0.1, 0.15) is 6.61 Å². The van der Waals surface area contributed by atoms with Crippen LogP contribution in [-0.2, 0) is 9.59 Å². The Balaban J connectivity index is 3.20. The van der Waals surface area contributed by atoms with E-state index in [1.165, 1.54) is 0 Å². The van der Waals surface area contributed by atoms with Gasteiger partial charge in [-0.25, -0.2) is 0 Å². The Morgan fingerprint density at radius 2 is 1.80 bits per heavy atom. The monoisotopic (exact) mass is 146 g/mol. The van der Waals surface area contributed by atoms with E-state index in [1.54, 1.807) is 0 Å². The minimum absolute atomic E-state index is 0.00819. The summed E-state index contributed by atoms with van der Waals surface area (Å²) in [6.45, 7) is -0.486. The lowest BCUT2D eigenvalue weighted by Crippen LogP contribution is -2.04. The zero-order valence-electron chi connectivity index (χ0n) is 5.54. The molecule has 0 rings (SSSR count). The van der Waals surface area contributed by atoms with Crippen molar-refractivity contribution in [3.8, 4) is 0 Å². The van der Waals surface area contributed by atoms with Gasteiger partial charge in [0.05, 0.1) is 0 Å². The topological polar surface area (TPSA) is 74.6 Å². The molecule has 0 saturated heterocycles. The lowest BCUT2D eigenvalue weighted by atomic mass is 10.2. The van der Waals surface area contributed by atoms with Gasteiger partial charge in [-0.05, 0) is 6.42 Å². The molecule has 0 aromatic carbocycles. The Labute approximate surface area is 58.5 Å².